The van der Waals surface area contributed by atoms with E-state index in [0.717, 1.165) is 42.8 Å². The first kappa shape index (κ1) is 19.7. The van der Waals surface area contributed by atoms with Crippen LogP contribution in [-0.4, -0.2) is 43.6 Å². The zero-order valence-electron chi connectivity index (χ0n) is 16.2. The van der Waals surface area contributed by atoms with Gasteiger partial charge >= 0.3 is 6.03 Å². The van der Waals surface area contributed by atoms with Crippen LogP contribution in [0.1, 0.15) is 30.0 Å². The molecular weight excluding hydrogens is 354 g/mol. The molecule has 0 spiro atoms. The van der Waals surface area contributed by atoms with Crippen LogP contribution >= 0.6 is 0 Å². The second-order valence-electron chi connectivity index (χ2n) is 6.84. The lowest BCUT2D eigenvalue weighted by Crippen LogP contribution is -2.45. The highest BCUT2D eigenvalue weighted by Crippen LogP contribution is 2.19. The summed E-state index contributed by atoms with van der Waals surface area (Å²) < 4.78 is 5.34. The molecule has 0 radical (unpaired) electrons. The Bertz CT molecular complexity index is 789. The number of nitrogens with one attached hydrogen (secondary N) is 2. The third-order valence-corrected chi connectivity index (χ3v) is 4.95. The molecule has 3 amide bonds. The number of likely N-dealkylation sites (tertiary alicyclic amines) is 1. The molecule has 1 heterocycles. The van der Waals surface area contributed by atoms with Crippen molar-refractivity contribution in [3.8, 4) is 5.75 Å². The number of hydrogen-bond acceptors (Lipinski definition) is 3. The second-order valence-corrected chi connectivity index (χ2v) is 6.84. The smallest absolute Gasteiger partial charge is 0.315 e. The third kappa shape index (κ3) is 5.03. The van der Waals surface area contributed by atoms with Gasteiger partial charge < -0.3 is 20.3 Å². The summed E-state index contributed by atoms with van der Waals surface area (Å²) in [6, 6.07) is 16.1. The molecule has 148 valence electrons. The second kappa shape index (κ2) is 9.78. The van der Waals surface area contributed by atoms with E-state index in [4.69, 9.17) is 4.74 Å². The zero-order chi connectivity index (χ0) is 19.8. The molecule has 2 aromatic carbocycles. The van der Waals surface area contributed by atoms with Gasteiger partial charge in [0.2, 0.25) is 5.91 Å². The van der Waals surface area contributed by atoms with Gasteiger partial charge in [-0.25, -0.2) is 4.79 Å². The number of carbonyl (C=O) groups is 2. The molecular formula is C22H27N3O3. The van der Waals surface area contributed by atoms with Crippen LogP contribution < -0.4 is 15.4 Å². The van der Waals surface area contributed by atoms with Crippen LogP contribution in [0.2, 0.25) is 0 Å². The van der Waals surface area contributed by atoms with E-state index >= 15 is 0 Å². The van der Waals surface area contributed by atoms with Crippen LogP contribution in [0, 0.1) is 0 Å². The first-order valence-electron chi connectivity index (χ1n) is 9.69. The first-order valence-corrected chi connectivity index (χ1v) is 9.69. The molecule has 2 N–H and O–H groups in total. The molecule has 3 rings (SSSR count). The number of ether oxygens (including phenoxy) is 1. The SMILES string of the molecule is COc1ccccc1CCNC(=O)NC(C(=O)N1CCCC1)c1ccccc1. The van der Waals surface area contributed by atoms with Crippen LogP contribution in [0.4, 0.5) is 4.79 Å². The van der Waals surface area contributed by atoms with Gasteiger partial charge in [0.1, 0.15) is 11.8 Å². The minimum atomic E-state index is -0.675. The van der Waals surface area contributed by atoms with E-state index in [2.05, 4.69) is 10.6 Å². The fourth-order valence-corrected chi connectivity index (χ4v) is 3.46. The predicted molar refractivity (Wildman–Crippen MR) is 108 cm³/mol. The number of methoxy groups -OCH3 is 1. The Kier molecular flexibility index (Phi) is 6.89. The standard InChI is InChI=1S/C22H27N3O3/c1-28-19-12-6-5-9-17(19)13-14-23-22(27)24-20(18-10-3-2-4-11-18)21(26)25-15-7-8-16-25/h2-6,9-12,20H,7-8,13-16H2,1H3,(H2,23,24,27). The highest BCUT2D eigenvalue weighted by molar-refractivity contribution is 5.88. The normalized spacial score (nSPS) is 14.4. The Balaban J connectivity index is 1.60. The highest BCUT2D eigenvalue weighted by atomic mass is 16.5. The minimum absolute atomic E-state index is 0.0522. The fraction of sp³-hybridized carbons (Fsp3) is 0.364. The number of urea groups is 1. The van der Waals surface area contributed by atoms with E-state index < -0.39 is 6.04 Å². The van der Waals surface area contributed by atoms with Gasteiger partial charge in [0.15, 0.2) is 0 Å². The summed E-state index contributed by atoms with van der Waals surface area (Å²) in [5.41, 5.74) is 1.82. The van der Waals surface area contributed by atoms with E-state index in [9.17, 15) is 9.59 Å². The maximum absolute atomic E-state index is 12.9. The van der Waals surface area contributed by atoms with Crippen LogP contribution in [-0.2, 0) is 11.2 Å². The van der Waals surface area contributed by atoms with Crippen LogP contribution in [0.5, 0.6) is 5.75 Å². The molecule has 1 atom stereocenters. The van der Waals surface area contributed by atoms with Crippen molar-refractivity contribution in [1.82, 2.24) is 15.5 Å². The van der Waals surface area contributed by atoms with E-state index in [1.54, 1.807) is 7.11 Å². The van der Waals surface area contributed by atoms with Gasteiger partial charge in [-0.2, -0.15) is 0 Å². The van der Waals surface area contributed by atoms with Crippen LogP contribution in [0.25, 0.3) is 0 Å². The molecule has 28 heavy (non-hydrogen) atoms. The van der Waals surface area contributed by atoms with E-state index in [0.29, 0.717) is 13.0 Å². The monoisotopic (exact) mass is 381 g/mol. The van der Waals surface area contributed by atoms with Gasteiger partial charge in [0.25, 0.3) is 0 Å². The molecule has 1 fully saturated rings. The Morgan fingerprint density at radius 1 is 1.04 bits per heavy atom. The fourth-order valence-electron chi connectivity index (χ4n) is 3.46. The van der Waals surface area contributed by atoms with Crippen molar-refractivity contribution < 1.29 is 14.3 Å². The summed E-state index contributed by atoms with van der Waals surface area (Å²) in [6.45, 7) is 1.95. The number of carbonyl (C=O) groups excluding carboxylic acids is 2. The summed E-state index contributed by atoms with van der Waals surface area (Å²) in [5, 5.41) is 5.70. The average Bonchev–Trinajstić information content (AvgIpc) is 3.27. The highest BCUT2D eigenvalue weighted by Gasteiger charge is 2.28. The Morgan fingerprint density at radius 3 is 2.43 bits per heavy atom. The van der Waals surface area contributed by atoms with E-state index in [1.807, 2.05) is 59.5 Å². The molecule has 0 bridgehead atoms. The molecule has 6 nitrogen and oxygen atoms in total. The molecule has 1 aliphatic rings. The Labute approximate surface area is 165 Å². The summed E-state index contributed by atoms with van der Waals surface area (Å²) in [5.74, 6) is 0.750. The number of benzene rings is 2. The van der Waals surface area contributed by atoms with Gasteiger partial charge in [-0.15, -0.1) is 0 Å². The lowest BCUT2D eigenvalue weighted by atomic mass is 10.1. The average molecular weight is 381 g/mol. The molecule has 0 aromatic heterocycles. The predicted octanol–water partition coefficient (Wildman–Crippen LogP) is 2.90. The van der Waals surface area contributed by atoms with Crippen molar-refractivity contribution >= 4 is 11.9 Å². The molecule has 2 aromatic rings. The van der Waals surface area contributed by atoms with E-state index in [1.165, 1.54) is 0 Å². The van der Waals surface area contributed by atoms with Crippen molar-refractivity contribution in [2.24, 2.45) is 0 Å². The van der Waals surface area contributed by atoms with Gasteiger partial charge in [0, 0.05) is 19.6 Å². The van der Waals surface area contributed by atoms with Crippen molar-refractivity contribution in [2.75, 3.05) is 26.7 Å². The first-order chi connectivity index (χ1) is 13.7. The van der Waals surface area contributed by atoms with Crippen LogP contribution in [0.3, 0.4) is 0 Å². The quantitative estimate of drug-likeness (QED) is 0.775. The van der Waals surface area contributed by atoms with Gasteiger partial charge in [-0.05, 0) is 36.5 Å². The van der Waals surface area contributed by atoms with Gasteiger partial charge in [-0.1, -0.05) is 48.5 Å². The third-order valence-electron chi connectivity index (χ3n) is 4.95. The van der Waals surface area contributed by atoms with Crippen molar-refractivity contribution in [3.63, 3.8) is 0 Å². The van der Waals surface area contributed by atoms with E-state index in [-0.39, 0.29) is 11.9 Å². The lowest BCUT2D eigenvalue weighted by Gasteiger charge is -2.24. The number of rotatable bonds is 7. The summed E-state index contributed by atoms with van der Waals surface area (Å²) in [4.78, 5) is 27.2. The molecule has 6 heteroatoms. The molecule has 0 saturated carbocycles. The molecule has 0 aliphatic carbocycles. The molecule has 1 unspecified atom stereocenters. The molecule has 1 aliphatic heterocycles. The van der Waals surface area contributed by atoms with Crippen molar-refractivity contribution in [3.05, 3.63) is 65.7 Å². The number of hydrogen-bond donors (Lipinski definition) is 2. The summed E-state index contributed by atoms with van der Waals surface area (Å²) in [6.07, 6.45) is 2.67. The number of nitrogens with zero attached hydrogens (tertiary/aromatic N) is 1. The van der Waals surface area contributed by atoms with Gasteiger partial charge in [-0.3, -0.25) is 4.79 Å². The zero-order valence-corrected chi connectivity index (χ0v) is 16.2. The minimum Gasteiger partial charge on any atom is -0.496 e. The largest absolute Gasteiger partial charge is 0.496 e. The van der Waals surface area contributed by atoms with Crippen molar-refractivity contribution in [1.29, 1.82) is 0 Å². The van der Waals surface area contributed by atoms with Crippen LogP contribution in [0.15, 0.2) is 54.6 Å². The maximum Gasteiger partial charge on any atom is 0.315 e. The molecule has 1 saturated heterocycles. The number of amides is 3. The lowest BCUT2D eigenvalue weighted by molar-refractivity contribution is -0.132. The van der Waals surface area contributed by atoms with Gasteiger partial charge in [0.05, 0.1) is 7.11 Å². The topological polar surface area (TPSA) is 70.7 Å². The summed E-state index contributed by atoms with van der Waals surface area (Å²) >= 11 is 0. The Hall–Kier alpha value is -3.02. The maximum atomic E-state index is 12.9. The summed E-state index contributed by atoms with van der Waals surface area (Å²) in [7, 11) is 1.63. The number of para-hydroxylation sites is 1. The van der Waals surface area contributed by atoms with Crippen molar-refractivity contribution in [2.45, 2.75) is 25.3 Å². The Morgan fingerprint density at radius 2 is 1.71 bits per heavy atom.